The van der Waals surface area contributed by atoms with Gasteiger partial charge in [0.15, 0.2) is 11.6 Å². The van der Waals surface area contributed by atoms with Crippen LogP contribution < -0.4 is 0 Å². The largest absolute Gasteiger partial charge is 0.481 e. The molecule has 3 fully saturated rings. The van der Waals surface area contributed by atoms with Crippen LogP contribution >= 0.6 is 0 Å². The number of hydrogen-bond donors (Lipinski definition) is 4. The lowest BCUT2D eigenvalue weighted by atomic mass is 9.44. The summed E-state index contributed by atoms with van der Waals surface area (Å²) in [4.78, 5) is 36.2. The Morgan fingerprint density at radius 1 is 1.20 bits per heavy atom. The van der Waals surface area contributed by atoms with E-state index >= 15 is 0 Å². The molecule has 0 unspecified atom stereocenters. The van der Waals surface area contributed by atoms with Gasteiger partial charge in [0, 0.05) is 16.7 Å². The molecule has 0 aromatic rings. The summed E-state index contributed by atoms with van der Waals surface area (Å²) in [6.45, 7) is 3.04. The predicted octanol–water partition coefficient (Wildman–Crippen LogP) is 1.40. The number of carboxylic acids is 1. The summed E-state index contributed by atoms with van der Waals surface area (Å²) in [5.41, 5.74) is -1.87. The van der Waals surface area contributed by atoms with Gasteiger partial charge in [-0.2, -0.15) is 0 Å². The lowest BCUT2D eigenvalue weighted by Gasteiger charge is -2.60. The first-order valence-electron chi connectivity index (χ1n) is 10.7. The van der Waals surface area contributed by atoms with Crippen LogP contribution in [-0.2, 0) is 14.4 Å². The number of hydrogen-bond acceptors (Lipinski definition) is 6. The predicted molar refractivity (Wildman–Crippen MR) is 106 cm³/mol. The van der Waals surface area contributed by atoms with E-state index in [9.17, 15) is 34.8 Å². The SMILES string of the molecule is C[C@@]12C(=CC(=O)C=C1CC(=O)O)CC[C@@H]1[C@@H]2[C@@H](O)C[C@@]2(C)[C@H]1CC[C@]2(O)C(=O)CO. The van der Waals surface area contributed by atoms with Crippen LogP contribution in [0.5, 0.6) is 0 Å². The lowest BCUT2D eigenvalue weighted by molar-refractivity contribution is -0.179. The second-order valence-electron chi connectivity index (χ2n) is 10.0. The molecular formula is C23H30O7. The van der Waals surface area contributed by atoms with Crippen molar-refractivity contribution in [3.63, 3.8) is 0 Å². The van der Waals surface area contributed by atoms with Crippen molar-refractivity contribution in [1.29, 1.82) is 0 Å². The van der Waals surface area contributed by atoms with Gasteiger partial charge in [0.25, 0.3) is 0 Å². The van der Waals surface area contributed by atoms with Gasteiger partial charge in [-0.15, -0.1) is 0 Å². The number of allylic oxidation sites excluding steroid dienone is 3. The third kappa shape index (κ3) is 2.65. The maximum absolute atomic E-state index is 12.5. The van der Waals surface area contributed by atoms with Crippen molar-refractivity contribution in [3.05, 3.63) is 23.3 Å². The van der Waals surface area contributed by atoms with Gasteiger partial charge in [-0.1, -0.05) is 19.4 Å². The minimum absolute atomic E-state index is 0.0215. The quantitative estimate of drug-likeness (QED) is 0.542. The van der Waals surface area contributed by atoms with Gasteiger partial charge in [-0.05, 0) is 61.7 Å². The summed E-state index contributed by atoms with van der Waals surface area (Å²) in [6.07, 6.45) is 4.24. The van der Waals surface area contributed by atoms with Crippen LogP contribution in [0.15, 0.2) is 23.3 Å². The average Bonchev–Trinajstić information content (AvgIpc) is 2.93. The van der Waals surface area contributed by atoms with Gasteiger partial charge in [-0.25, -0.2) is 0 Å². The molecule has 0 aromatic heterocycles. The zero-order valence-electron chi connectivity index (χ0n) is 17.4. The van der Waals surface area contributed by atoms with E-state index in [1.165, 1.54) is 6.08 Å². The van der Waals surface area contributed by atoms with Crippen LogP contribution in [0, 0.1) is 28.6 Å². The van der Waals surface area contributed by atoms with Crippen molar-refractivity contribution in [3.8, 4) is 0 Å². The van der Waals surface area contributed by atoms with E-state index < -0.39 is 40.9 Å². The minimum Gasteiger partial charge on any atom is -0.481 e. The normalized spacial score (nSPS) is 45.0. The molecule has 0 heterocycles. The summed E-state index contributed by atoms with van der Waals surface area (Å²) in [5.74, 6) is -2.18. The van der Waals surface area contributed by atoms with Crippen molar-refractivity contribution >= 4 is 17.5 Å². The molecule has 0 saturated heterocycles. The van der Waals surface area contributed by atoms with Crippen molar-refractivity contribution in [1.82, 2.24) is 0 Å². The van der Waals surface area contributed by atoms with Gasteiger partial charge in [-0.3, -0.25) is 14.4 Å². The van der Waals surface area contributed by atoms with E-state index in [1.807, 2.05) is 13.8 Å². The Bertz CT molecular complexity index is 873. The zero-order valence-corrected chi connectivity index (χ0v) is 17.4. The van der Waals surface area contributed by atoms with Crippen LogP contribution in [0.2, 0.25) is 0 Å². The second kappa shape index (κ2) is 6.84. The maximum atomic E-state index is 12.5. The highest BCUT2D eigenvalue weighted by molar-refractivity contribution is 6.02. The smallest absolute Gasteiger partial charge is 0.307 e. The van der Waals surface area contributed by atoms with Crippen molar-refractivity contribution < 1.29 is 34.8 Å². The molecule has 30 heavy (non-hydrogen) atoms. The molecule has 3 saturated carbocycles. The Kier molecular flexibility index (Phi) is 4.88. The Morgan fingerprint density at radius 3 is 2.53 bits per heavy atom. The molecule has 0 spiro atoms. The van der Waals surface area contributed by atoms with E-state index in [0.717, 1.165) is 5.57 Å². The van der Waals surface area contributed by atoms with Crippen LogP contribution in [0.3, 0.4) is 0 Å². The number of ketones is 2. The number of aliphatic carboxylic acids is 1. The number of carboxylic acid groups (broad SMARTS) is 1. The lowest BCUT2D eigenvalue weighted by Crippen LogP contribution is -2.62. The number of aliphatic hydroxyl groups is 3. The Hall–Kier alpha value is -1.83. The molecule has 0 radical (unpaired) electrons. The monoisotopic (exact) mass is 418 g/mol. The third-order valence-corrected chi connectivity index (χ3v) is 8.93. The molecule has 164 valence electrons. The molecule has 4 aliphatic carbocycles. The highest BCUT2D eigenvalue weighted by Gasteiger charge is 2.68. The first-order valence-corrected chi connectivity index (χ1v) is 10.7. The van der Waals surface area contributed by atoms with Crippen LogP contribution in [0.1, 0.15) is 52.4 Å². The molecule has 0 bridgehead atoms. The average molecular weight is 418 g/mol. The van der Waals surface area contributed by atoms with Gasteiger partial charge in [0.2, 0.25) is 0 Å². The summed E-state index contributed by atoms with van der Waals surface area (Å²) in [6, 6.07) is 0. The van der Waals surface area contributed by atoms with Crippen molar-refractivity contribution in [2.45, 2.75) is 64.1 Å². The summed E-state index contributed by atoms with van der Waals surface area (Å²) >= 11 is 0. The number of fused-ring (bicyclic) bond motifs is 5. The molecule has 0 amide bonds. The first kappa shape index (κ1) is 21.4. The van der Waals surface area contributed by atoms with Crippen LogP contribution in [0.4, 0.5) is 0 Å². The molecule has 4 rings (SSSR count). The van der Waals surface area contributed by atoms with E-state index in [0.29, 0.717) is 24.8 Å². The fraction of sp³-hybridized carbons (Fsp3) is 0.696. The van der Waals surface area contributed by atoms with E-state index in [4.69, 9.17) is 0 Å². The second-order valence-corrected chi connectivity index (χ2v) is 10.0. The summed E-state index contributed by atoms with van der Waals surface area (Å²) in [5, 5.41) is 41.5. The molecule has 4 aliphatic rings. The van der Waals surface area contributed by atoms with Gasteiger partial charge in [0.05, 0.1) is 12.5 Å². The van der Waals surface area contributed by atoms with E-state index in [-0.39, 0.29) is 42.8 Å². The molecular weight excluding hydrogens is 388 g/mol. The summed E-state index contributed by atoms with van der Waals surface area (Å²) in [7, 11) is 0. The van der Waals surface area contributed by atoms with Gasteiger partial charge >= 0.3 is 5.97 Å². The topological polar surface area (TPSA) is 132 Å². The van der Waals surface area contributed by atoms with Crippen LogP contribution in [-0.4, -0.2) is 56.3 Å². The molecule has 7 nitrogen and oxygen atoms in total. The van der Waals surface area contributed by atoms with Crippen molar-refractivity contribution in [2.24, 2.45) is 28.6 Å². The Morgan fingerprint density at radius 2 is 1.90 bits per heavy atom. The molecule has 4 N–H and O–H groups in total. The zero-order chi connectivity index (χ0) is 22.1. The number of carbonyl (C=O) groups excluding carboxylic acids is 2. The first-order chi connectivity index (χ1) is 14.0. The number of rotatable bonds is 4. The summed E-state index contributed by atoms with van der Waals surface area (Å²) < 4.78 is 0. The third-order valence-electron chi connectivity index (χ3n) is 8.93. The van der Waals surface area contributed by atoms with Crippen molar-refractivity contribution in [2.75, 3.05) is 6.61 Å². The molecule has 7 heteroatoms. The number of Topliss-reactive ketones (excluding diaryl/α,β-unsaturated/α-hetero) is 1. The van der Waals surface area contributed by atoms with Gasteiger partial charge in [0.1, 0.15) is 12.2 Å². The fourth-order valence-electron chi connectivity index (χ4n) is 7.53. The standard InChI is InChI=1S/C23H30O7/c1-21-10-17(26)20-15(16(21)5-6-23(21,30)18(27)11-24)4-3-12-7-14(25)8-13(9-19(28)29)22(12,20)2/h7-8,15-17,20,24,26,30H,3-6,9-11H2,1-2H3,(H,28,29)/t15-,16-,17-,20+,21-,22+,23-/m0/s1. The number of carbonyl (C=O) groups is 3. The highest BCUT2D eigenvalue weighted by atomic mass is 16.4. The molecule has 7 atom stereocenters. The fourth-order valence-corrected chi connectivity index (χ4v) is 7.53. The Balaban J connectivity index is 1.78. The van der Waals surface area contributed by atoms with E-state index in [2.05, 4.69) is 0 Å². The van der Waals surface area contributed by atoms with E-state index in [1.54, 1.807) is 6.08 Å². The molecule has 0 aromatic carbocycles. The van der Waals surface area contributed by atoms with Crippen LogP contribution in [0.25, 0.3) is 0 Å². The Labute approximate surface area is 175 Å². The highest BCUT2D eigenvalue weighted by Crippen LogP contribution is 2.68. The molecule has 0 aliphatic heterocycles. The number of aliphatic hydroxyl groups excluding tert-OH is 2. The maximum Gasteiger partial charge on any atom is 0.307 e. The minimum atomic E-state index is -1.67. The van der Waals surface area contributed by atoms with Gasteiger partial charge < -0.3 is 20.4 Å².